The zero-order valence-electron chi connectivity index (χ0n) is 11.2. The molecule has 0 amide bonds. The lowest BCUT2D eigenvalue weighted by Gasteiger charge is -2.33. The molecule has 0 saturated heterocycles. The third kappa shape index (κ3) is 2.42. The maximum atomic E-state index is 13.8. The lowest BCUT2D eigenvalue weighted by atomic mass is 10.00. The van der Waals surface area contributed by atoms with Crippen LogP contribution in [0, 0.1) is 0 Å². The number of para-hydroxylation sites is 1. The lowest BCUT2D eigenvalue weighted by Crippen LogP contribution is -2.59. The molecule has 0 aliphatic heterocycles. The number of fused-ring (bicyclic) bond motifs is 1. The van der Waals surface area contributed by atoms with Crippen LogP contribution in [0.4, 0.5) is 39.5 Å². The highest BCUT2D eigenvalue weighted by atomic mass is 19.4. The number of halogens is 9. The Morgan fingerprint density at radius 3 is 1.88 bits per heavy atom. The summed E-state index contributed by atoms with van der Waals surface area (Å²) in [5, 5.41) is -0.233. The Kier molecular flexibility index (Phi) is 3.89. The van der Waals surface area contributed by atoms with Crippen LogP contribution in [0.1, 0.15) is 5.69 Å². The minimum absolute atomic E-state index is 0.136. The first kappa shape index (κ1) is 18.1. The molecule has 2 rings (SSSR count). The van der Waals surface area contributed by atoms with Gasteiger partial charge in [0.2, 0.25) is 0 Å². The van der Waals surface area contributed by atoms with Crippen molar-refractivity contribution in [3.05, 3.63) is 46.2 Å². The van der Waals surface area contributed by atoms with E-state index in [2.05, 4.69) is 0 Å². The van der Waals surface area contributed by atoms with Gasteiger partial charge in [-0.2, -0.15) is 39.5 Å². The molecule has 1 aromatic carbocycles. The Morgan fingerprint density at radius 1 is 0.792 bits per heavy atom. The number of nitrogens with one attached hydrogen (secondary N) is 1. The maximum absolute atomic E-state index is 13.8. The van der Waals surface area contributed by atoms with Gasteiger partial charge in [-0.1, -0.05) is 12.1 Å². The van der Waals surface area contributed by atoms with Crippen LogP contribution in [0.2, 0.25) is 0 Å². The topological polar surface area (TPSA) is 32.9 Å². The Labute approximate surface area is 126 Å². The summed E-state index contributed by atoms with van der Waals surface area (Å²) in [5.74, 6) is -19.8. The van der Waals surface area contributed by atoms with Crippen LogP contribution in [-0.4, -0.2) is 23.0 Å². The van der Waals surface area contributed by atoms with E-state index in [4.69, 9.17) is 0 Å². The highest BCUT2D eigenvalue weighted by Gasteiger charge is 2.82. The standard InChI is InChI=1S/C13H6F9NO/c14-10(15,11(16,17)12(18,19)13(20,21)22)9-5-8(24)6-3-1-2-4-7(6)23-9/h1-5H,(H,23,24). The number of H-pyrrole nitrogens is 1. The number of hydrogen-bond acceptors (Lipinski definition) is 1. The van der Waals surface area contributed by atoms with Gasteiger partial charge in [-0.15, -0.1) is 0 Å². The highest BCUT2D eigenvalue weighted by molar-refractivity contribution is 5.78. The normalized spacial score (nSPS) is 14.2. The molecule has 0 radical (unpaired) electrons. The number of aromatic nitrogens is 1. The summed E-state index contributed by atoms with van der Waals surface area (Å²) in [6.07, 6.45) is -6.92. The molecule has 11 heteroatoms. The van der Waals surface area contributed by atoms with Gasteiger partial charge in [0, 0.05) is 17.0 Å². The molecule has 0 bridgehead atoms. The van der Waals surface area contributed by atoms with E-state index in [1.54, 1.807) is 4.98 Å². The van der Waals surface area contributed by atoms with E-state index >= 15 is 0 Å². The van der Waals surface area contributed by atoms with Crippen molar-refractivity contribution < 1.29 is 39.5 Å². The van der Waals surface area contributed by atoms with Crippen LogP contribution < -0.4 is 5.43 Å². The summed E-state index contributed by atoms with van der Waals surface area (Å²) in [7, 11) is 0. The molecule has 1 heterocycles. The second kappa shape index (κ2) is 5.15. The third-order valence-corrected chi connectivity index (χ3v) is 3.22. The summed E-state index contributed by atoms with van der Waals surface area (Å²) in [6, 6.07) is 4.50. The van der Waals surface area contributed by atoms with Crippen molar-refractivity contribution in [1.82, 2.24) is 4.98 Å². The average Bonchev–Trinajstić information content (AvgIpc) is 2.45. The fraction of sp³-hybridized carbons (Fsp3) is 0.308. The number of benzene rings is 1. The van der Waals surface area contributed by atoms with Crippen LogP contribution in [-0.2, 0) is 5.92 Å². The molecule has 1 aromatic heterocycles. The Bertz CT molecular complexity index is 822. The first-order valence-electron chi connectivity index (χ1n) is 6.06. The minimum atomic E-state index is -7.02. The number of aromatic amines is 1. The molecule has 0 aliphatic carbocycles. The van der Waals surface area contributed by atoms with Crippen molar-refractivity contribution in [2.45, 2.75) is 23.9 Å². The predicted octanol–water partition coefficient (Wildman–Crippen LogP) is 4.45. The highest BCUT2D eigenvalue weighted by Crippen LogP contribution is 2.56. The van der Waals surface area contributed by atoms with E-state index in [-0.39, 0.29) is 11.5 Å². The summed E-state index contributed by atoms with van der Waals surface area (Å²) in [5.41, 5.74) is -3.73. The number of pyridine rings is 1. The quantitative estimate of drug-likeness (QED) is 0.803. The van der Waals surface area contributed by atoms with Gasteiger partial charge in [0.1, 0.15) is 0 Å². The SMILES string of the molecule is O=c1cc(C(F)(F)C(F)(F)C(F)(F)C(F)(F)F)[nH]c2ccccc12. The van der Waals surface area contributed by atoms with E-state index in [1.807, 2.05) is 0 Å². The Morgan fingerprint density at radius 2 is 1.33 bits per heavy atom. The largest absolute Gasteiger partial charge is 0.460 e. The number of alkyl halides is 9. The molecule has 0 saturated carbocycles. The van der Waals surface area contributed by atoms with Crippen molar-refractivity contribution in [3.63, 3.8) is 0 Å². The van der Waals surface area contributed by atoms with Crippen LogP contribution in [0.5, 0.6) is 0 Å². The molecular weight excluding hydrogens is 357 g/mol. The second-order valence-corrected chi connectivity index (χ2v) is 4.81. The molecule has 0 unspecified atom stereocenters. The maximum Gasteiger partial charge on any atom is 0.460 e. The fourth-order valence-corrected chi connectivity index (χ4v) is 1.91. The first-order valence-corrected chi connectivity index (χ1v) is 6.06. The van der Waals surface area contributed by atoms with Crippen molar-refractivity contribution in [2.75, 3.05) is 0 Å². The molecule has 2 nitrogen and oxygen atoms in total. The van der Waals surface area contributed by atoms with Crippen LogP contribution in [0.3, 0.4) is 0 Å². The van der Waals surface area contributed by atoms with Gasteiger partial charge in [-0.3, -0.25) is 4.79 Å². The minimum Gasteiger partial charge on any atom is -0.353 e. The van der Waals surface area contributed by atoms with Crippen LogP contribution in [0.25, 0.3) is 10.9 Å². The fourth-order valence-electron chi connectivity index (χ4n) is 1.91. The summed E-state index contributed by atoms with van der Waals surface area (Å²) < 4.78 is 116. The average molecular weight is 363 g/mol. The smallest absolute Gasteiger partial charge is 0.353 e. The second-order valence-electron chi connectivity index (χ2n) is 4.81. The lowest BCUT2D eigenvalue weighted by molar-refractivity contribution is -0.400. The van der Waals surface area contributed by atoms with Gasteiger partial charge in [-0.25, -0.2) is 0 Å². The summed E-state index contributed by atoms with van der Waals surface area (Å²) >= 11 is 0. The molecule has 132 valence electrons. The Balaban J connectivity index is 2.68. The monoisotopic (exact) mass is 363 g/mol. The predicted molar refractivity (Wildman–Crippen MR) is 64.4 cm³/mol. The Hall–Kier alpha value is -2.20. The van der Waals surface area contributed by atoms with Gasteiger partial charge < -0.3 is 4.98 Å². The van der Waals surface area contributed by atoms with Gasteiger partial charge in [-0.05, 0) is 12.1 Å². The third-order valence-electron chi connectivity index (χ3n) is 3.22. The molecule has 2 aromatic rings. The van der Waals surface area contributed by atoms with Crippen molar-refractivity contribution in [1.29, 1.82) is 0 Å². The molecular formula is C13H6F9NO. The molecule has 0 aliphatic rings. The first-order chi connectivity index (χ1) is 10.7. The van der Waals surface area contributed by atoms with Crippen molar-refractivity contribution in [2.24, 2.45) is 0 Å². The van der Waals surface area contributed by atoms with E-state index in [1.165, 1.54) is 12.1 Å². The summed E-state index contributed by atoms with van der Waals surface area (Å²) in [4.78, 5) is 13.2. The van der Waals surface area contributed by atoms with Gasteiger partial charge in [0.25, 0.3) is 0 Å². The van der Waals surface area contributed by atoms with E-state index in [9.17, 15) is 44.3 Å². The van der Waals surface area contributed by atoms with Gasteiger partial charge >= 0.3 is 23.9 Å². The molecule has 0 spiro atoms. The summed E-state index contributed by atoms with van der Waals surface area (Å²) in [6.45, 7) is 0. The van der Waals surface area contributed by atoms with Gasteiger partial charge in [0.05, 0.1) is 5.69 Å². The van der Waals surface area contributed by atoms with Crippen molar-refractivity contribution in [3.8, 4) is 0 Å². The number of hydrogen-bond donors (Lipinski definition) is 1. The molecule has 0 atom stereocenters. The molecule has 0 fully saturated rings. The van der Waals surface area contributed by atoms with Crippen LogP contribution >= 0.6 is 0 Å². The zero-order chi connectivity index (χ0) is 18.6. The van der Waals surface area contributed by atoms with E-state index in [0.29, 0.717) is 0 Å². The molecule has 1 N–H and O–H groups in total. The number of rotatable bonds is 3. The molecule has 24 heavy (non-hydrogen) atoms. The zero-order valence-corrected chi connectivity index (χ0v) is 11.2. The van der Waals surface area contributed by atoms with Crippen LogP contribution in [0.15, 0.2) is 35.1 Å². The van der Waals surface area contributed by atoms with E-state index in [0.717, 1.165) is 12.1 Å². The van der Waals surface area contributed by atoms with E-state index < -0.39 is 40.6 Å². The van der Waals surface area contributed by atoms with Crippen molar-refractivity contribution >= 4 is 10.9 Å². The van der Waals surface area contributed by atoms with Gasteiger partial charge in [0.15, 0.2) is 5.43 Å².